The molecule has 0 rings (SSSR count). The lowest BCUT2D eigenvalue weighted by Gasteiger charge is -2.21. The number of thioether (sulfide) groups is 1. The Bertz CT molecular complexity index is 355. The van der Waals surface area contributed by atoms with Crippen molar-refractivity contribution in [1.82, 2.24) is 10.6 Å². The van der Waals surface area contributed by atoms with E-state index in [0.717, 1.165) is 0 Å². The highest BCUT2D eigenvalue weighted by molar-refractivity contribution is 7.98. The maximum Gasteiger partial charge on any atom is 0.325 e. The molecule has 0 aromatic carbocycles. The number of hydrogen-bond acceptors (Lipinski definition) is 6. The lowest BCUT2D eigenvalue weighted by Crippen LogP contribution is -2.54. The summed E-state index contributed by atoms with van der Waals surface area (Å²) in [6.45, 7) is 1.35. The molecule has 0 unspecified atom stereocenters. The van der Waals surface area contributed by atoms with Crippen LogP contribution >= 0.6 is 24.4 Å². The molecule has 0 aromatic rings. The lowest BCUT2D eigenvalue weighted by atomic mass is 10.1. The van der Waals surface area contributed by atoms with E-state index in [1.54, 1.807) is 0 Å². The zero-order valence-corrected chi connectivity index (χ0v) is 13.2. The van der Waals surface area contributed by atoms with Gasteiger partial charge in [-0.05, 0) is 25.4 Å². The molecule has 0 saturated carbocycles. The Hall–Kier alpha value is -0.930. The minimum Gasteiger partial charge on any atom is -0.480 e. The fraction of sp³-hybridized carbons (Fsp3) is 0.727. The zero-order valence-electron chi connectivity index (χ0n) is 11.5. The molecule has 0 fully saturated rings. The molecule has 0 aliphatic heterocycles. The van der Waals surface area contributed by atoms with Crippen molar-refractivity contribution < 1.29 is 19.5 Å². The molecule has 0 aliphatic carbocycles. The smallest absolute Gasteiger partial charge is 0.325 e. The van der Waals surface area contributed by atoms with Gasteiger partial charge in [0.15, 0.2) is 0 Å². The van der Waals surface area contributed by atoms with E-state index in [-0.39, 0.29) is 5.75 Å². The third kappa shape index (κ3) is 7.01. The van der Waals surface area contributed by atoms with Gasteiger partial charge in [0.2, 0.25) is 11.8 Å². The van der Waals surface area contributed by atoms with Gasteiger partial charge < -0.3 is 21.5 Å². The number of carboxylic acid groups (broad SMARTS) is 1. The highest BCUT2D eigenvalue weighted by atomic mass is 32.2. The quantitative estimate of drug-likeness (QED) is 0.350. The van der Waals surface area contributed by atoms with Gasteiger partial charge in [0, 0.05) is 5.75 Å². The maximum absolute atomic E-state index is 12.0. The second-order valence-electron chi connectivity index (χ2n) is 4.20. The first-order chi connectivity index (χ1) is 9.33. The number of rotatable bonds is 9. The predicted molar refractivity (Wildman–Crippen MR) is 82.0 cm³/mol. The number of carboxylic acids is 1. The van der Waals surface area contributed by atoms with Crippen LogP contribution in [-0.2, 0) is 14.4 Å². The van der Waals surface area contributed by atoms with Gasteiger partial charge in [-0.1, -0.05) is 0 Å². The van der Waals surface area contributed by atoms with Gasteiger partial charge >= 0.3 is 5.97 Å². The summed E-state index contributed by atoms with van der Waals surface area (Å²) in [4.78, 5) is 34.3. The van der Waals surface area contributed by atoms with Gasteiger partial charge in [-0.3, -0.25) is 14.4 Å². The van der Waals surface area contributed by atoms with Crippen LogP contribution in [0.15, 0.2) is 0 Å². The summed E-state index contributed by atoms with van der Waals surface area (Å²) in [6.07, 6.45) is 2.26. The molecular weight excluding hydrogens is 302 g/mol. The largest absolute Gasteiger partial charge is 0.480 e. The van der Waals surface area contributed by atoms with E-state index in [1.807, 2.05) is 6.26 Å². The SMILES string of the molecule is CSCC[C@H](NC(=O)[C@@H](N)CS)C(=O)N[C@@H](C)C(=O)O. The summed E-state index contributed by atoms with van der Waals surface area (Å²) in [5, 5.41) is 13.6. The Morgan fingerprint density at radius 2 is 1.90 bits per heavy atom. The molecule has 20 heavy (non-hydrogen) atoms. The van der Waals surface area contributed by atoms with Crippen LogP contribution in [0.25, 0.3) is 0 Å². The number of thiol groups is 1. The van der Waals surface area contributed by atoms with Crippen molar-refractivity contribution in [2.24, 2.45) is 5.73 Å². The Morgan fingerprint density at radius 3 is 2.35 bits per heavy atom. The van der Waals surface area contributed by atoms with Crippen LogP contribution in [0.1, 0.15) is 13.3 Å². The molecule has 0 radical (unpaired) electrons. The average molecular weight is 323 g/mol. The van der Waals surface area contributed by atoms with Crippen molar-refractivity contribution in [2.45, 2.75) is 31.5 Å². The van der Waals surface area contributed by atoms with Gasteiger partial charge in [-0.25, -0.2) is 0 Å². The molecule has 0 saturated heterocycles. The topological polar surface area (TPSA) is 122 Å². The number of nitrogens with two attached hydrogens (primary N) is 1. The third-order valence-electron chi connectivity index (χ3n) is 2.51. The average Bonchev–Trinajstić information content (AvgIpc) is 2.41. The Labute approximate surface area is 127 Å². The molecule has 0 aromatic heterocycles. The van der Waals surface area contributed by atoms with Crippen molar-refractivity contribution in [1.29, 1.82) is 0 Å². The van der Waals surface area contributed by atoms with Crippen molar-refractivity contribution in [3.05, 3.63) is 0 Å². The first-order valence-corrected chi connectivity index (χ1v) is 8.05. The summed E-state index contributed by atoms with van der Waals surface area (Å²) in [5.74, 6) is -1.34. The Morgan fingerprint density at radius 1 is 1.30 bits per heavy atom. The number of carbonyl (C=O) groups excluding carboxylic acids is 2. The second kappa shape index (κ2) is 9.89. The van der Waals surface area contributed by atoms with Crippen LogP contribution in [0.5, 0.6) is 0 Å². The highest BCUT2D eigenvalue weighted by Gasteiger charge is 2.25. The van der Waals surface area contributed by atoms with E-state index in [2.05, 4.69) is 23.3 Å². The van der Waals surface area contributed by atoms with Crippen LogP contribution in [0.2, 0.25) is 0 Å². The van der Waals surface area contributed by atoms with Crippen LogP contribution < -0.4 is 16.4 Å². The van der Waals surface area contributed by atoms with Gasteiger partial charge in [-0.2, -0.15) is 24.4 Å². The summed E-state index contributed by atoms with van der Waals surface area (Å²) in [7, 11) is 0. The molecule has 9 heteroatoms. The van der Waals surface area contributed by atoms with E-state index in [4.69, 9.17) is 10.8 Å². The first kappa shape index (κ1) is 19.1. The number of amides is 2. The normalized spacial score (nSPS) is 15.0. The van der Waals surface area contributed by atoms with E-state index in [9.17, 15) is 14.4 Å². The van der Waals surface area contributed by atoms with Crippen molar-refractivity contribution >= 4 is 42.2 Å². The van der Waals surface area contributed by atoms with Crippen LogP contribution in [0.3, 0.4) is 0 Å². The van der Waals surface area contributed by atoms with E-state index in [1.165, 1.54) is 18.7 Å². The summed E-state index contributed by atoms with van der Waals surface area (Å²) in [6, 6.07) is -2.63. The number of aliphatic carboxylic acids is 1. The van der Waals surface area contributed by atoms with Crippen LogP contribution in [0, 0.1) is 0 Å². The van der Waals surface area contributed by atoms with Crippen molar-refractivity contribution in [3.8, 4) is 0 Å². The third-order valence-corrected chi connectivity index (χ3v) is 3.54. The molecule has 0 aliphatic rings. The Kier molecular flexibility index (Phi) is 9.43. The predicted octanol–water partition coefficient (Wildman–Crippen LogP) is -0.929. The van der Waals surface area contributed by atoms with Gasteiger partial charge in [0.25, 0.3) is 0 Å². The summed E-state index contributed by atoms with van der Waals surface area (Å²) >= 11 is 5.43. The van der Waals surface area contributed by atoms with E-state index in [0.29, 0.717) is 12.2 Å². The van der Waals surface area contributed by atoms with Crippen molar-refractivity contribution in [3.63, 3.8) is 0 Å². The summed E-state index contributed by atoms with van der Waals surface area (Å²) < 4.78 is 0. The molecule has 5 N–H and O–H groups in total. The fourth-order valence-corrected chi connectivity index (χ4v) is 1.88. The van der Waals surface area contributed by atoms with Gasteiger partial charge in [0.05, 0.1) is 6.04 Å². The number of nitrogens with one attached hydrogen (secondary N) is 2. The van der Waals surface area contributed by atoms with Crippen LogP contribution in [-0.4, -0.2) is 58.8 Å². The van der Waals surface area contributed by atoms with Crippen LogP contribution in [0.4, 0.5) is 0 Å². The molecule has 7 nitrogen and oxygen atoms in total. The molecule has 0 spiro atoms. The molecule has 3 atom stereocenters. The standard InChI is InChI=1S/C11H21N3O4S2/c1-6(11(17)18)13-10(16)8(3-4-20-2)14-9(15)7(12)5-19/h6-8,19H,3-5,12H2,1-2H3,(H,13,16)(H,14,15)(H,17,18)/t6-,7-,8-/m0/s1. The van der Waals surface area contributed by atoms with E-state index >= 15 is 0 Å². The zero-order chi connectivity index (χ0) is 15.7. The lowest BCUT2D eigenvalue weighted by molar-refractivity contribution is -0.141. The minimum absolute atomic E-state index is 0.161. The molecule has 0 bridgehead atoms. The van der Waals surface area contributed by atoms with Gasteiger partial charge in [0.1, 0.15) is 12.1 Å². The first-order valence-electron chi connectivity index (χ1n) is 6.02. The Balaban J connectivity index is 4.65. The van der Waals surface area contributed by atoms with Gasteiger partial charge in [-0.15, -0.1) is 0 Å². The monoisotopic (exact) mass is 323 g/mol. The molecule has 116 valence electrons. The molecular formula is C11H21N3O4S2. The highest BCUT2D eigenvalue weighted by Crippen LogP contribution is 2.02. The molecule has 2 amide bonds. The fourth-order valence-electron chi connectivity index (χ4n) is 1.24. The maximum atomic E-state index is 12.0. The number of carbonyl (C=O) groups is 3. The second-order valence-corrected chi connectivity index (χ2v) is 5.55. The summed E-state index contributed by atoms with van der Waals surface area (Å²) in [5.41, 5.74) is 5.52. The van der Waals surface area contributed by atoms with Crippen molar-refractivity contribution in [2.75, 3.05) is 17.8 Å². The molecule has 0 heterocycles. The van der Waals surface area contributed by atoms with E-state index < -0.39 is 35.9 Å². The minimum atomic E-state index is -1.14. The number of hydrogen-bond donors (Lipinski definition) is 5.